The van der Waals surface area contributed by atoms with E-state index in [4.69, 9.17) is 5.26 Å². The van der Waals surface area contributed by atoms with Gasteiger partial charge in [0.05, 0.1) is 29.3 Å². The SMILES string of the molecule is CC1(NC(=O)CNc2nc3c(F)cc(F)cc3s2)C=CC(CC#N)=CC(F)=C1. The number of rotatable bonds is 5. The highest BCUT2D eigenvalue weighted by Gasteiger charge is 2.23. The van der Waals surface area contributed by atoms with E-state index in [1.165, 1.54) is 12.2 Å². The number of amides is 1. The summed E-state index contributed by atoms with van der Waals surface area (Å²) >= 11 is 1.02. The smallest absolute Gasteiger partial charge is 0.240 e. The van der Waals surface area contributed by atoms with Crippen LogP contribution in [0.5, 0.6) is 0 Å². The Morgan fingerprint density at radius 3 is 2.89 bits per heavy atom. The zero-order chi connectivity index (χ0) is 20.3. The maximum absolute atomic E-state index is 14.0. The van der Waals surface area contributed by atoms with Crippen LogP contribution >= 0.6 is 11.3 Å². The normalized spacial score (nSPS) is 18.8. The van der Waals surface area contributed by atoms with Gasteiger partial charge in [0.2, 0.25) is 5.91 Å². The molecule has 0 saturated carbocycles. The Hall–Kier alpha value is -3.12. The molecule has 2 aromatic rings. The molecule has 1 heterocycles. The lowest BCUT2D eigenvalue weighted by Crippen LogP contribution is -2.45. The maximum atomic E-state index is 14.0. The number of nitriles is 1. The summed E-state index contributed by atoms with van der Waals surface area (Å²) in [6.07, 6.45) is 5.71. The van der Waals surface area contributed by atoms with Crippen molar-refractivity contribution in [3.05, 3.63) is 59.5 Å². The van der Waals surface area contributed by atoms with Crippen LogP contribution in [-0.4, -0.2) is 23.0 Å². The molecule has 2 N–H and O–H groups in total. The van der Waals surface area contributed by atoms with Crippen molar-refractivity contribution < 1.29 is 18.0 Å². The quantitative estimate of drug-likeness (QED) is 0.786. The van der Waals surface area contributed by atoms with E-state index >= 15 is 0 Å². The lowest BCUT2D eigenvalue weighted by molar-refractivity contribution is -0.120. The first kappa shape index (κ1) is 19.6. The van der Waals surface area contributed by atoms with Crippen LogP contribution < -0.4 is 10.6 Å². The summed E-state index contributed by atoms with van der Waals surface area (Å²) in [5.74, 6) is -2.49. The zero-order valence-electron chi connectivity index (χ0n) is 14.7. The molecule has 0 radical (unpaired) electrons. The molecule has 0 spiro atoms. The van der Waals surface area contributed by atoms with Gasteiger partial charge >= 0.3 is 0 Å². The van der Waals surface area contributed by atoms with E-state index in [9.17, 15) is 18.0 Å². The Kier molecular flexibility index (Phi) is 5.51. The topological polar surface area (TPSA) is 77.8 Å². The molecule has 9 heteroatoms. The number of benzene rings is 1. The molecule has 3 rings (SSSR count). The summed E-state index contributed by atoms with van der Waals surface area (Å²) in [6, 6.07) is 3.85. The highest BCUT2D eigenvalue weighted by Crippen LogP contribution is 2.28. The third kappa shape index (κ3) is 4.58. The van der Waals surface area contributed by atoms with Crippen LogP contribution in [0.2, 0.25) is 0 Å². The summed E-state index contributed by atoms with van der Waals surface area (Å²) in [5, 5.41) is 14.4. The first-order chi connectivity index (χ1) is 13.3. The van der Waals surface area contributed by atoms with Crippen LogP contribution in [0.3, 0.4) is 0 Å². The molecule has 1 aromatic heterocycles. The third-order valence-corrected chi connectivity index (χ3v) is 4.87. The maximum Gasteiger partial charge on any atom is 0.240 e. The first-order valence-electron chi connectivity index (χ1n) is 8.23. The standard InChI is InChI=1S/C19H15F3N4OS/c1-19(4-2-11(3-5-23)6-13(21)9-19)26-16(27)10-24-18-25-17-14(22)7-12(20)8-15(17)28-18/h2,4,6-9H,3,10H2,1H3,(H,24,25)(H,26,27). The van der Waals surface area contributed by atoms with Crippen LogP contribution in [0.4, 0.5) is 18.3 Å². The Bertz CT molecular complexity index is 1070. The van der Waals surface area contributed by atoms with Gasteiger partial charge in [-0.1, -0.05) is 23.5 Å². The number of nitrogens with one attached hydrogen (secondary N) is 2. The van der Waals surface area contributed by atoms with Crippen LogP contribution in [0, 0.1) is 23.0 Å². The first-order valence-corrected chi connectivity index (χ1v) is 9.05. The van der Waals surface area contributed by atoms with Crippen molar-refractivity contribution in [2.45, 2.75) is 18.9 Å². The number of carbonyl (C=O) groups excluding carboxylic acids is 1. The minimum absolute atomic E-state index is 0.0223. The molecule has 1 unspecified atom stereocenters. The molecule has 0 fully saturated rings. The number of fused-ring (bicyclic) bond motifs is 1. The second-order valence-electron chi connectivity index (χ2n) is 6.35. The van der Waals surface area contributed by atoms with Crippen molar-refractivity contribution in [1.82, 2.24) is 10.3 Å². The molecule has 1 aromatic carbocycles. The Morgan fingerprint density at radius 2 is 2.14 bits per heavy atom. The molecule has 1 aliphatic carbocycles. The van der Waals surface area contributed by atoms with Gasteiger partial charge in [-0.15, -0.1) is 0 Å². The lowest BCUT2D eigenvalue weighted by Gasteiger charge is -2.23. The molecule has 28 heavy (non-hydrogen) atoms. The summed E-state index contributed by atoms with van der Waals surface area (Å²) in [4.78, 5) is 16.3. The van der Waals surface area contributed by atoms with E-state index in [0.29, 0.717) is 10.3 Å². The number of carbonyl (C=O) groups is 1. The second-order valence-corrected chi connectivity index (χ2v) is 7.39. The molecule has 0 aliphatic heterocycles. The molecular weight excluding hydrogens is 389 g/mol. The van der Waals surface area contributed by atoms with Gasteiger partial charge in [-0.3, -0.25) is 4.79 Å². The van der Waals surface area contributed by atoms with E-state index in [1.54, 1.807) is 19.1 Å². The average Bonchev–Trinajstić information content (AvgIpc) is 2.95. The minimum atomic E-state index is -1.08. The van der Waals surface area contributed by atoms with Gasteiger partial charge in [0, 0.05) is 6.07 Å². The highest BCUT2D eigenvalue weighted by molar-refractivity contribution is 7.22. The van der Waals surface area contributed by atoms with Gasteiger partial charge in [0.15, 0.2) is 10.9 Å². The fraction of sp³-hybridized carbons (Fsp3) is 0.211. The fourth-order valence-corrected chi connectivity index (χ4v) is 3.59. The van der Waals surface area contributed by atoms with Crippen molar-refractivity contribution in [3.63, 3.8) is 0 Å². The number of nitrogens with zero attached hydrogens (tertiary/aromatic N) is 2. The Labute approximate surface area is 162 Å². The van der Waals surface area contributed by atoms with Gasteiger partial charge in [-0.2, -0.15) is 5.26 Å². The van der Waals surface area contributed by atoms with Gasteiger partial charge < -0.3 is 10.6 Å². The van der Waals surface area contributed by atoms with Crippen LogP contribution in [0.15, 0.2) is 47.8 Å². The fourth-order valence-electron chi connectivity index (χ4n) is 2.69. The summed E-state index contributed by atoms with van der Waals surface area (Å²) in [7, 11) is 0. The largest absolute Gasteiger partial charge is 0.352 e. The number of hydrogen-bond acceptors (Lipinski definition) is 5. The average molecular weight is 404 g/mol. The van der Waals surface area contributed by atoms with Crippen LogP contribution in [0.1, 0.15) is 13.3 Å². The molecule has 0 bridgehead atoms. The number of thiazole rings is 1. The molecule has 1 aliphatic rings. The van der Waals surface area contributed by atoms with E-state index in [-0.39, 0.29) is 23.6 Å². The van der Waals surface area contributed by atoms with Crippen molar-refractivity contribution >= 4 is 32.6 Å². The summed E-state index contributed by atoms with van der Waals surface area (Å²) < 4.78 is 41.3. The van der Waals surface area contributed by atoms with E-state index in [1.807, 2.05) is 6.07 Å². The minimum Gasteiger partial charge on any atom is -0.352 e. The predicted molar refractivity (Wildman–Crippen MR) is 101 cm³/mol. The molecule has 5 nitrogen and oxygen atoms in total. The van der Waals surface area contributed by atoms with Crippen molar-refractivity contribution in [2.75, 3.05) is 11.9 Å². The number of aromatic nitrogens is 1. The number of anilines is 1. The number of halogens is 3. The molecule has 144 valence electrons. The van der Waals surface area contributed by atoms with Crippen molar-refractivity contribution in [1.29, 1.82) is 5.26 Å². The van der Waals surface area contributed by atoms with Crippen molar-refractivity contribution in [3.8, 4) is 6.07 Å². The summed E-state index contributed by atoms with van der Waals surface area (Å²) in [5.41, 5.74) is -0.565. The van der Waals surface area contributed by atoms with Crippen LogP contribution in [-0.2, 0) is 4.79 Å². The third-order valence-electron chi connectivity index (χ3n) is 3.91. The molecular formula is C19H15F3N4OS. The predicted octanol–water partition coefficient (Wildman–Crippen LogP) is 4.12. The van der Waals surface area contributed by atoms with Gasteiger partial charge in [0.25, 0.3) is 0 Å². The highest BCUT2D eigenvalue weighted by atomic mass is 32.1. The van der Waals surface area contributed by atoms with E-state index in [2.05, 4.69) is 15.6 Å². The van der Waals surface area contributed by atoms with E-state index < -0.39 is 28.9 Å². The monoisotopic (exact) mass is 404 g/mol. The molecule has 1 amide bonds. The van der Waals surface area contributed by atoms with Gasteiger partial charge in [0.1, 0.15) is 17.2 Å². The Morgan fingerprint density at radius 1 is 1.36 bits per heavy atom. The lowest BCUT2D eigenvalue weighted by atomic mass is 10.0. The van der Waals surface area contributed by atoms with Crippen LogP contribution in [0.25, 0.3) is 10.2 Å². The van der Waals surface area contributed by atoms with Gasteiger partial charge in [-0.25, -0.2) is 18.2 Å². The van der Waals surface area contributed by atoms with Crippen molar-refractivity contribution in [2.24, 2.45) is 0 Å². The van der Waals surface area contributed by atoms with Gasteiger partial charge in [-0.05, 0) is 30.7 Å². The number of hydrogen-bond donors (Lipinski definition) is 2. The second kappa shape index (κ2) is 7.86. The van der Waals surface area contributed by atoms with E-state index in [0.717, 1.165) is 23.5 Å². The molecule has 1 atom stereocenters. The number of allylic oxidation sites excluding steroid dienone is 4. The molecule has 0 saturated heterocycles. The zero-order valence-corrected chi connectivity index (χ0v) is 15.5. The Balaban J connectivity index is 1.66. The summed E-state index contributed by atoms with van der Waals surface area (Å²) in [6.45, 7) is 1.42.